The lowest BCUT2D eigenvalue weighted by Crippen LogP contribution is -2.13. The minimum absolute atomic E-state index is 0.162. The second kappa shape index (κ2) is 5.86. The molecule has 0 saturated heterocycles. The highest BCUT2D eigenvalue weighted by atomic mass is 79.9. The molecule has 0 radical (unpaired) electrons. The highest BCUT2D eigenvalue weighted by Gasteiger charge is 2.12. The van der Waals surface area contributed by atoms with E-state index in [-0.39, 0.29) is 6.61 Å². The van der Waals surface area contributed by atoms with Crippen molar-refractivity contribution in [3.63, 3.8) is 0 Å². The Labute approximate surface area is 102 Å². The molecule has 1 rings (SSSR count). The molecule has 0 spiro atoms. The highest BCUT2D eigenvalue weighted by Crippen LogP contribution is 2.36. The Morgan fingerprint density at radius 3 is 2.75 bits per heavy atom. The number of halogens is 1. The predicted molar refractivity (Wildman–Crippen MR) is 63.3 cm³/mol. The summed E-state index contributed by atoms with van der Waals surface area (Å²) < 4.78 is 11.1. The van der Waals surface area contributed by atoms with E-state index < -0.39 is 6.10 Å². The number of aliphatic hydroxyl groups excluding tert-OH is 1. The lowest BCUT2D eigenvalue weighted by molar-refractivity contribution is 0.112. The summed E-state index contributed by atoms with van der Waals surface area (Å²) in [5, 5.41) is 9.13. The van der Waals surface area contributed by atoms with Crippen LogP contribution in [0.1, 0.15) is 17.3 Å². The van der Waals surface area contributed by atoms with Crippen molar-refractivity contribution in [1.82, 2.24) is 0 Å². The molecule has 1 N–H and O–H groups in total. The first kappa shape index (κ1) is 13.0. The van der Waals surface area contributed by atoms with Gasteiger partial charge in [-0.15, -0.1) is 0 Å². The molecule has 1 aromatic carbocycles. The monoisotopic (exact) mass is 288 g/mol. The zero-order valence-corrected chi connectivity index (χ0v) is 10.7. The van der Waals surface area contributed by atoms with Crippen molar-refractivity contribution in [3.05, 3.63) is 22.2 Å². The fourth-order valence-corrected chi connectivity index (χ4v) is 1.73. The third-order valence-electron chi connectivity index (χ3n) is 1.86. The molecule has 0 fully saturated rings. The van der Waals surface area contributed by atoms with Crippen molar-refractivity contribution < 1.29 is 19.4 Å². The number of aliphatic hydroxyl groups is 1. The quantitative estimate of drug-likeness (QED) is 0.843. The zero-order chi connectivity index (χ0) is 12.1. The molecule has 0 amide bonds. The number of ether oxygens (including phenoxy) is 2. The van der Waals surface area contributed by atoms with Crippen molar-refractivity contribution >= 4 is 22.2 Å². The van der Waals surface area contributed by atoms with E-state index in [9.17, 15) is 4.79 Å². The van der Waals surface area contributed by atoms with Crippen molar-refractivity contribution in [2.24, 2.45) is 0 Å². The normalized spacial score (nSPS) is 12.0. The van der Waals surface area contributed by atoms with Gasteiger partial charge >= 0.3 is 0 Å². The summed E-state index contributed by atoms with van der Waals surface area (Å²) >= 11 is 3.28. The van der Waals surface area contributed by atoms with E-state index in [2.05, 4.69) is 15.9 Å². The van der Waals surface area contributed by atoms with Gasteiger partial charge in [-0.2, -0.15) is 0 Å². The smallest absolute Gasteiger partial charge is 0.175 e. The summed E-state index contributed by atoms with van der Waals surface area (Å²) in [6, 6.07) is 3.21. The molecule has 0 aliphatic heterocycles. The average Bonchev–Trinajstić information content (AvgIpc) is 2.26. The molecule has 0 heterocycles. The van der Waals surface area contributed by atoms with Gasteiger partial charge in [0.15, 0.2) is 11.5 Å². The Kier molecular flexibility index (Phi) is 4.76. The third kappa shape index (κ3) is 3.21. The van der Waals surface area contributed by atoms with Gasteiger partial charge in [-0.05, 0) is 35.0 Å². The maximum absolute atomic E-state index is 10.6. The molecule has 0 aromatic heterocycles. The van der Waals surface area contributed by atoms with Crippen LogP contribution in [0.2, 0.25) is 0 Å². The number of rotatable bonds is 5. The van der Waals surface area contributed by atoms with Crippen molar-refractivity contribution in [3.8, 4) is 11.5 Å². The standard InChI is InChI=1S/C11H13BrO4/c1-7(14)6-16-11-9(12)3-8(5-13)4-10(11)15-2/h3-5,7,14H,6H2,1-2H3. The zero-order valence-electron chi connectivity index (χ0n) is 9.07. The molecule has 88 valence electrons. The van der Waals surface area contributed by atoms with Gasteiger partial charge in [-0.1, -0.05) is 0 Å². The Hall–Kier alpha value is -1.07. The number of aldehydes is 1. The topological polar surface area (TPSA) is 55.8 Å². The second-order valence-electron chi connectivity index (χ2n) is 3.31. The van der Waals surface area contributed by atoms with E-state index in [0.717, 1.165) is 6.29 Å². The molecule has 0 aliphatic rings. The van der Waals surface area contributed by atoms with Crippen LogP contribution < -0.4 is 9.47 Å². The maximum atomic E-state index is 10.6. The van der Waals surface area contributed by atoms with E-state index in [1.165, 1.54) is 7.11 Å². The first-order valence-electron chi connectivity index (χ1n) is 4.72. The summed E-state index contributed by atoms with van der Waals surface area (Å²) in [6.07, 6.45) is 0.161. The van der Waals surface area contributed by atoms with Gasteiger partial charge in [-0.25, -0.2) is 0 Å². The molecule has 4 nitrogen and oxygen atoms in total. The minimum Gasteiger partial charge on any atom is -0.493 e. The number of benzene rings is 1. The summed E-state index contributed by atoms with van der Waals surface area (Å²) in [7, 11) is 1.49. The third-order valence-corrected chi connectivity index (χ3v) is 2.45. The molecule has 0 saturated carbocycles. The van der Waals surface area contributed by atoms with Crippen molar-refractivity contribution in [1.29, 1.82) is 0 Å². The molecule has 1 unspecified atom stereocenters. The summed E-state index contributed by atoms with van der Waals surface area (Å²) in [4.78, 5) is 10.6. The van der Waals surface area contributed by atoms with Gasteiger partial charge in [0.05, 0.1) is 17.7 Å². The van der Waals surface area contributed by atoms with Gasteiger partial charge < -0.3 is 14.6 Å². The van der Waals surface area contributed by atoms with Crippen LogP contribution in [0.5, 0.6) is 11.5 Å². The van der Waals surface area contributed by atoms with Gasteiger partial charge in [0.25, 0.3) is 0 Å². The van der Waals surface area contributed by atoms with E-state index in [1.807, 2.05) is 0 Å². The lowest BCUT2D eigenvalue weighted by Gasteiger charge is -2.14. The Bertz CT molecular complexity index is 376. The first-order chi connectivity index (χ1) is 7.58. The fraction of sp³-hybridized carbons (Fsp3) is 0.364. The van der Waals surface area contributed by atoms with Crippen molar-refractivity contribution in [2.45, 2.75) is 13.0 Å². The van der Waals surface area contributed by atoms with Gasteiger partial charge in [0.2, 0.25) is 0 Å². The summed E-state index contributed by atoms with van der Waals surface area (Å²) in [6.45, 7) is 1.79. The Balaban J connectivity index is 3.01. The molecule has 1 aromatic rings. The van der Waals surface area contributed by atoms with Crippen LogP contribution in [0.4, 0.5) is 0 Å². The average molecular weight is 289 g/mol. The van der Waals surface area contributed by atoms with E-state index in [1.54, 1.807) is 19.1 Å². The number of methoxy groups -OCH3 is 1. The second-order valence-corrected chi connectivity index (χ2v) is 4.17. The predicted octanol–water partition coefficient (Wildman–Crippen LogP) is 2.03. The van der Waals surface area contributed by atoms with Crippen LogP contribution >= 0.6 is 15.9 Å². The number of carbonyl (C=O) groups is 1. The van der Waals surface area contributed by atoms with Crippen LogP contribution in [0.25, 0.3) is 0 Å². The minimum atomic E-state index is -0.567. The van der Waals surface area contributed by atoms with Crippen LogP contribution in [-0.2, 0) is 0 Å². The van der Waals surface area contributed by atoms with E-state index in [4.69, 9.17) is 14.6 Å². The molecule has 0 aliphatic carbocycles. The van der Waals surface area contributed by atoms with E-state index >= 15 is 0 Å². The molecule has 16 heavy (non-hydrogen) atoms. The van der Waals surface area contributed by atoms with Gasteiger partial charge in [-0.3, -0.25) is 4.79 Å². The molecule has 1 atom stereocenters. The first-order valence-corrected chi connectivity index (χ1v) is 5.51. The van der Waals surface area contributed by atoms with Crippen molar-refractivity contribution in [2.75, 3.05) is 13.7 Å². The van der Waals surface area contributed by atoms with Gasteiger partial charge in [0, 0.05) is 5.56 Å². The summed E-state index contributed by atoms with van der Waals surface area (Å²) in [5.74, 6) is 0.936. The molecular weight excluding hydrogens is 276 g/mol. The van der Waals surface area contributed by atoms with Gasteiger partial charge in [0.1, 0.15) is 12.9 Å². The molecule has 0 bridgehead atoms. The lowest BCUT2D eigenvalue weighted by atomic mass is 10.2. The maximum Gasteiger partial charge on any atom is 0.175 e. The number of hydrogen-bond donors (Lipinski definition) is 1. The Morgan fingerprint density at radius 1 is 1.56 bits per heavy atom. The molecule has 5 heteroatoms. The largest absolute Gasteiger partial charge is 0.493 e. The van der Waals surface area contributed by atoms with Crippen LogP contribution in [0.3, 0.4) is 0 Å². The highest BCUT2D eigenvalue weighted by molar-refractivity contribution is 9.10. The SMILES string of the molecule is COc1cc(C=O)cc(Br)c1OCC(C)O. The number of hydrogen-bond acceptors (Lipinski definition) is 4. The molecular formula is C11H13BrO4. The summed E-state index contributed by atoms with van der Waals surface area (Å²) in [5.41, 5.74) is 0.494. The van der Waals surface area contributed by atoms with E-state index in [0.29, 0.717) is 21.5 Å². The Morgan fingerprint density at radius 2 is 2.25 bits per heavy atom. The van der Waals surface area contributed by atoms with Crippen LogP contribution in [0.15, 0.2) is 16.6 Å². The van der Waals surface area contributed by atoms with Crippen LogP contribution in [0, 0.1) is 0 Å². The number of carbonyl (C=O) groups excluding carboxylic acids is 1. The van der Waals surface area contributed by atoms with Crippen LogP contribution in [-0.4, -0.2) is 31.2 Å². The fourth-order valence-electron chi connectivity index (χ4n) is 1.15.